The van der Waals surface area contributed by atoms with Crippen molar-refractivity contribution in [3.05, 3.63) is 97.1 Å². The van der Waals surface area contributed by atoms with Crippen molar-refractivity contribution in [3.8, 4) is 33.8 Å². The highest BCUT2D eigenvalue weighted by atomic mass is 31.1. The molecule has 2 heterocycles. The summed E-state index contributed by atoms with van der Waals surface area (Å²) in [6.45, 7) is 14.3. The van der Waals surface area contributed by atoms with Crippen molar-refractivity contribution >= 4 is 26.5 Å². The van der Waals surface area contributed by atoms with Gasteiger partial charge in [0.1, 0.15) is 11.5 Å². The molecule has 0 amide bonds. The summed E-state index contributed by atoms with van der Waals surface area (Å²) in [6, 6.07) is 34.7. The second-order valence-electron chi connectivity index (χ2n) is 12.1. The van der Waals surface area contributed by atoms with Crippen LogP contribution in [0, 0.1) is 0 Å². The van der Waals surface area contributed by atoms with E-state index in [4.69, 9.17) is 9.47 Å². The van der Waals surface area contributed by atoms with E-state index in [1.54, 1.807) is 0 Å². The van der Waals surface area contributed by atoms with Crippen molar-refractivity contribution in [2.45, 2.75) is 63.5 Å². The molecule has 0 aromatic heterocycles. The second-order valence-corrected chi connectivity index (χ2v) is 18.2. The first kappa shape index (κ1) is 25.6. The van der Waals surface area contributed by atoms with E-state index in [1.807, 2.05) is 0 Å². The summed E-state index contributed by atoms with van der Waals surface area (Å²) in [5, 5.41) is 2.88. The predicted molar refractivity (Wildman–Crippen MR) is 165 cm³/mol. The van der Waals surface area contributed by atoms with Gasteiger partial charge in [-0.2, -0.15) is 0 Å². The molecule has 0 bridgehead atoms. The van der Waals surface area contributed by atoms with Crippen LogP contribution in [-0.4, -0.2) is 22.0 Å². The monoisotopic (exact) mass is 538 g/mol. The van der Waals surface area contributed by atoms with Gasteiger partial charge in [-0.3, -0.25) is 0 Å². The average molecular weight is 539 g/mol. The molecule has 4 aromatic rings. The van der Waals surface area contributed by atoms with Gasteiger partial charge >= 0.3 is 0 Å². The van der Waals surface area contributed by atoms with Gasteiger partial charge in [-0.1, -0.05) is 126 Å². The van der Waals surface area contributed by atoms with Crippen LogP contribution in [0.1, 0.15) is 41.5 Å². The molecule has 0 aliphatic carbocycles. The molecule has 4 aromatic carbocycles. The highest BCUT2D eigenvalue weighted by Crippen LogP contribution is 2.69. The molecule has 4 heteroatoms. The van der Waals surface area contributed by atoms with Gasteiger partial charge < -0.3 is 9.47 Å². The lowest BCUT2D eigenvalue weighted by Crippen LogP contribution is -2.38. The fourth-order valence-electron chi connectivity index (χ4n) is 5.86. The number of fused-ring (bicyclic) bond motifs is 2. The molecular formula is C34H36O2P2. The molecule has 0 N–H and O–H groups in total. The lowest BCUT2D eigenvalue weighted by molar-refractivity contribution is 0.171. The predicted octanol–water partition coefficient (Wildman–Crippen LogP) is 8.97. The van der Waals surface area contributed by atoms with Crippen molar-refractivity contribution < 1.29 is 9.47 Å². The van der Waals surface area contributed by atoms with E-state index in [0.29, 0.717) is 0 Å². The molecule has 0 saturated carbocycles. The topological polar surface area (TPSA) is 18.5 Å². The van der Waals surface area contributed by atoms with Crippen molar-refractivity contribution in [2.75, 3.05) is 0 Å². The Labute approximate surface area is 229 Å². The lowest BCUT2D eigenvalue weighted by atomic mass is 10.1. The van der Waals surface area contributed by atoms with Crippen LogP contribution < -0.4 is 20.1 Å². The summed E-state index contributed by atoms with van der Waals surface area (Å²) in [4.78, 5) is 0. The van der Waals surface area contributed by atoms with E-state index in [1.165, 1.54) is 32.9 Å². The molecule has 0 unspecified atom stereocenters. The van der Waals surface area contributed by atoms with E-state index in [-0.39, 0.29) is 22.0 Å². The normalized spacial score (nSPS) is 22.4. The molecule has 2 aliphatic heterocycles. The maximum absolute atomic E-state index is 7.01. The van der Waals surface area contributed by atoms with Crippen LogP contribution in [-0.2, 0) is 0 Å². The van der Waals surface area contributed by atoms with E-state index in [9.17, 15) is 0 Å². The minimum absolute atomic E-state index is 0.00813. The van der Waals surface area contributed by atoms with E-state index < -0.39 is 15.8 Å². The molecule has 4 atom stereocenters. The lowest BCUT2D eigenvalue weighted by Gasteiger charge is -2.40. The van der Waals surface area contributed by atoms with Crippen LogP contribution in [0.25, 0.3) is 22.3 Å². The maximum Gasteiger partial charge on any atom is 0.162 e. The molecule has 2 nitrogen and oxygen atoms in total. The van der Waals surface area contributed by atoms with Crippen LogP contribution >= 0.6 is 15.8 Å². The standard InChI is InChI=1S/C34H36O2P2/c1-33(2,3)37-29-25(23-15-9-7-10-16-23)19-13-21-27(29)35-31(37)32-36-28-22-14-20-26(24-17-11-8-12-18-24)30(28)38(32)34(4,5)6/h7-22,31-32H,1-6H3/t31-,32-,37-,38-/m1/s1. The molecule has 0 saturated heterocycles. The fraction of sp³-hybridized carbons (Fsp3) is 0.294. The zero-order valence-electron chi connectivity index (χ0n) is 23.1. The van der Waals surface area contributed by atoms with Gasteiger partial charge in [0, 0.05) is 10.6 Å². The van der Waals surface area contributed by atoms with Gasteiger partial charge in [0.2, 0.25) is 0 Å². The first-order chi connectivity index (χ1) is 18.1. The zero-order chi connectivity index (χ0) is 26.7. The Balaban J connectivity index is 1.50. The molecule has 38 heavy (non-hydrogen) atoms. The number of rotatable bonds is 3. The summed E-state index contributed by atoms with van der Waals surface area (Å²) in [7, 11) is -1.38. The first-order valence-electron chi connectivity index (χ1n) is 13.4. The van der Waals surface area contributed by atoms with Gasteiger partial charge in [0.15, 0.2) is 11.7 Å². The van der Waals surface area contributed by atoms with E-state index in [0.717, 1.165) is 11.5 Å². The van der Waals surface area contributed by atoms with Crippen LogP contribution in [0.2, 0.25) is 0 Å². The second kappa shape index (κ2) is 9.51. The Morgan fingerprint density at radius 3 is 1.18 bits per heavy atom. The van der Waals surface area contributed by atoms with Crippen LogP contribution in [0.4, 0.5) is 0 Å². The highest BCUT2D eigenvalue weighted by molar-refractivity contribution is 7.72. The van der Waals surface area contributed by atoms with E-state index >= 15 is 0 Å². The fourth-order valence-corrected chi connectivity index (χ4v) is 12.8. The third-order valence-corrected chi connectivity index (χ3v) is 14.1. The maximum atomic E-state index is 7.01. The van der Waals surface area contributed by atoms with E-state index in [2.05, 4.69) is 139 Å². The van der Waals surface area contributed by atoms with Crippen molar-refractivity contribution in [2.24, 2.45) is 0 Å². The summed E-state index contributed by atoms with van der Waals surface area (Å²) < 4.78 is 14.0. The summed E-state index contributed by atoms with van der Waals surface area (Å²) in [5.41, 5.74) is 5.11. The molecule has 0 radical (unpaired) electrons. The third-order valence-electron chi connectivity index (χ3n) is 7.34. The summed E-state index contributed by atoms with van der Waals surface area (Å²) >= 11 is 0. The number of hydrogen-bond donors (Lipinski definition) is 0. The minimum Gasteiger partial charge on any atom is -0.481 e. The number of benzene rings is 4. The zero-order valence-corrected chi connectivity index (χ0v) is 24.9. The smallest absolute Gasteiger partial charge is 0.162 e. The SMILES string of the molecule is CC(C)(C)[P@]1c2c(cccc2-c2ccccc2)O[C@H]1[C@@H]1Oc2cccc(-c3ccccc3)c2[P@@]1C(C)(C)C. The van der Waals surface area contributed by atoms with Crippen molar-refractivity contribution in [1.82, 2.24) is 0 Å². The van der Waals surface area contributed by atoms with Gasteiger partial charge in [0.05, 0.1) is 0 Å². The quantitative estimate of drug-likeness (QED) is 0.242. The molecule has 0 fully saturated rings. The Morgan fingerprint density at radius 2 is 0.842 bits per heavy atom. The Bertz CT molecular complexity index is 1340. The highest BCUT2D eigenvalue weighted by Gasteiger charge is 2.55. The van der Waals surface area contributed by atoms with Crippen molar-refractivity contribution in [3.63, 3.8) is 0 Å². The van der Waals surface area contributed by atoms with Gasteiger partial charge in [0.25, 0.3) is 0 Å². The molecule has 194 valence electrons. The molecule has 0 spiro atoms. The van der Waals surface area contributed by atoms with Gasteiger partial charge in [-0.15, -0.1) is 0 Å². The van der Waals surface area contributed by atoms with Crippen LogP contribution in [0.5, 0.6) is 11.5 Å². The Hall–Kier alpha value is -2.66. The Morgan fingerprint density at radius 1 is 0.474 bits per heavy atom. The minimum atomic E-state index is -0.692. The largest absolute Gasteiger partial charge is 0.481 e. The summed E-state index contributed by atoms with van der Waals surface area (Å²) in [6.07, 6.45) is 0. The molecular weight excluding hydrogens is 502 g/mol. The van der Waals surface area contributed by atoms with Gasteiger partial charge in [-0.25, -0.2) is 0 Å². The summed E-state index contributed by atoms with van der Waals surface area (Å²) in [5.74, 6) is 2.05. The third kappa shape index (κ3) is 4.37. The molecule has 6 rings (SSSR count). The van der Waals surface area contributed by atoms with Crippen LogP contribution in [0.3, 0.4) is 0 Å². The van der Waals surface area contributed by atoms with Crippen molar-refractivity contribution in [1.29, 1.82) is 0 Å². The number of hydrogen-bond acceptors (Lipinski definition) is 2. The average Bonchev–Trinajstić information content (AvgIpc) is 3.48. The Kier molecular flexibility index (Phi) is 6.41. The van der Waals surface area contributed by atoms with Gasteiger partial charge in [-0.05, 0) is 60.5 Å². The number of ether oxygens (including phenoxy) is 2. The van der Waals surface area contributed by atoms with Crippen LogP contribution in [0.15, 0.2) is 97.1 Å². The molecule has 2 aliphatic rings. The first-order valence-corrected chi connectivity index (χ1v) is 16.3.